The summed E-state index contributed by atoms with van der Waals surface area (Å²) in [6.45, 7) is 6.65. The van der Waals surface area contributed by atoms with Crippen molar-refractivity contribution in [3.05, 3.63) is 69.1 Å². The SMILES string of the molecule is CC=N/C=C(\C=C\OC(=O)[C@@H]1CC[C@H](O[N+](=O)[O-])C1)COCC.COC.Cc1ccc(Cl)cc1. The molecule has 0 spiro atoms. The molecule has 1 fully saturated rings. The lowest BCUT2D eigenvalue weighted by atomic mass is 10.1. The standard InChI is InChI=1S/C15H22N2O6.C7H7Cl.C2H6O/c1-3-16-10-12(11-21-4-2)7-8-22-15(18)13-5-6-14(9-13)23-17(19)20;1-6-2-4-7(8)5-3-6;1-3-2/h3,7-8,10,13-14H,4-6,9,11H2,1-2H3;2-5H,1H3;1-2H3/b8-7+,12-10+,16-3?;;/t13-,14+;;/m1../s1. The zero-order chi connectivity index (χ0) is 25.8. The smallest absolute Gasteiger partial charge is 0.313 e. The Balaban J connectivity index is 0.000000813. The maximum Gasteiger partial charge on any atom is 0.313 e. The maximum atomic E-state index is 11.9. The molecule has 2 rings (SSSR count). The summed E-state index contributed by atoms with van der Waals surface area (Å²) >= 11 is 5.61. The van der Waals surface area contributed by atoms with Gasteiger partial charge in [0.05, 0.1) is 18.8 Å². The van der Waals surface area contributed by atoms with E-state index in [9.17, 15) is 14.9 Å². The molecule has 0 unspecified atom stereocenters. The number of aliphatic imine (C=N–C) groups is 1. The first kappa shape index (κ1) is 31.2. The second-order valence-electron chi connectivity index (χ2n) is 7.15. The van der Waals surface area contributed by atoms with Crippen LogP contribution in [0.25, 0.3) is 0 Å². The Kier molecular flexibility index (Phi) is 18.1. The molecule has 0 saturated heterocycles. The van der Waals surface area contributed by atoms with E-state index in [4.69, 9.17) is 21.1 Å². The number of rotatable bonds is 9. The largest absolute Gasteiger partial charge is 0.434 e. The topological polar surface area (TPSA) is 109 Å². The van der Waals surface area contributed by atoms with Gasteiger partial charge in [-0.05, 0) is 63.8 Å². The summed E-state index contributed by atoms with van der Waals surface area (Å²) < 4.78 is 14.6. The zero-order valence-electron chi connectivity index (χ0n) is 20.4. The van der Waals surface area contributed by atoms with Crippen LogP contribution in [0.2, 0.25) is 5.02 Å². The van der Waals surface area contributed by atoms with Crippen molar-refractivity contribution in [3.63, 3.8) is 0 Å². The Hall–Kier alpha value is -2.75. The molecule has 10 heteroatoms. The lowest BCUT2D eigenvalue weighted by Gasteiger charge is -2.08. The van der Waals surface area contributed by atoms with E-state index < -0.39 is 17.2 Å². The van der Waals surface area contributed by atoms with Gasteiger partial charge in [0, 0.05) is 38.3 Å². The molecule has 9 nitrogen and oxygen atoms in total. The monoisotopic (exact) mass is 498 g/mol. The second kappa shape index (κ2) is 19.7. The van der Waals surface area contributed by atoms with E-state index in [0.717, 1.165) is 10.6 Å². The summed E-state index contributed by atoms with van der Waals surface area (Å²) in [5.74, 6) is -0.789. The van der Waals surface area contributed by atoms with E-state index in [1.165, 1.54) is 11.8 Å². The molecule has 0 aromatic heterocycles. The molecule has 1 aliphatic carbocycles. The molecular formula is C24H35ClN2O7. The maximum absolute atomic E-state index is 11.9. The highest BCUT2D eigenvalue weighted by Crippen LogP contribution is 2.28. The fraction of sp³-hybridized carbons (Fsp3) is 0.500. The number of benzene rings is 1. The summed E-state index contributed by atoms with van der Waals surface area (Å²) in [5, 5.41) is 10.3. The minimum atomic E-state index is -0.822. The van der Waals surface area contributed by atoms with Crippen molar-refractivity contribution in [1.82, 2.24) is 0 Å². The highest BCUT2D eigenvalue weighted by Gasteiger charge is 2.32. The van der Waals surface area contributed by atoms with Crippen molar-refractivity contribution < 1.29 is 28.9 Å². The number of ether oxygens (including phenoxy) is 3. The Morgan fingerprint density at radius 3 is 2.44 bits per heavy atom. The van der Waals surface area contributed by atoms with E-state index in [1.54, 1.807) is 39.6 Å². The Labute approximate surface area is 206 Å². The van der Waals surface area contributed by atoms with Crippen LogP contribution in [0.3, 0.4) is 0 Å². The van der Waals surface area contributed by atoms with Gasteiger partial charge in [-0.2, -0.15) is 0 Å². The van der Waals surface area contributed by atoms with Crippen molar-refractivity contribution in [2.45, 2.75) is 46.1 Å². The van der Waals surface area contributed by atoms with E-state index in [1.807, 2.05) is 38.1 Å². The van der Waals surface area contributed by atoms with Gasteiger partial charge in [0.25, 0.3) is 5.09 Å². The van der Waals surface area contributed by atoms with Crippen molar-refractivity contribution >= 4 is 23.8 Å². The number of carbonyl (C=O) groups is 1. The van der Waals surface area contributed by atoms with E-state index in [-0.39, 0.29) is 5.92 Å². The molecule has 0 N–H and O–H groups in total. The van der Waals surface area contributed by atoms with Crippen LogP contribution in [0.5, 0.6) is 0 Å². The van der Waals surface area contributed by atoms with Crippen LogP contribution in [0.15, 0.2) is 53.4 Å². The molecule has 34 heavy (non-hydrogen) atoms. The van der Waals surface area contributed by atoms with Gasteiger partial charge < -0.3 is 19.0 Å². The van der Waals surface area contributed by atoms with Gasteiger partial charge in [0.15, 0.2) is 0 Å². The van der Waals surface area contributed by atoms with E-state index >= 15 is 0 Å². The summed E-state index contributed by atoms with van der Waals surface area (Å²) in [7, 11) is 3.25. The van der Waals surface area contributed by atoms with Crippen molar-refractivity contribution in [2.75, 3.05) is 27.4 Å². The Morgan fingerprint density at radius 1 is 1.26 bits per heavy atom. The average molecular weight is 499 g/mol. The van der Waals surface area contributed by atoms with Crippen LogP contribution in [0.4, 0.5) is 0 Å². The van der Waals surface area contributed by atoms with Crippen LogP contribution < -0.4 is 0 Å². The fourth-order valence-corrected chi connectivity index (χ4v) is 2.83. The predicted octanol–water partition coefficient (Wildman–Crippen LogP) is 5.34. The molecule has 2 atom stereocenters. The quantitative estimate of drug-likeness (QED) is 0.113. The summed E-state index contributed by atoms with van der Waals surface area (Å²) in [6, 6.07) is 7.75. The number of nitrogens with zero attached hydrogens (tertiary/aromatic N) is 2. The number of hydrogen-bond donors (Lipinski definition) is 0. The first-order valence-corrected chi connectivity index (χ1v) is 11.2. The third-order valence-electron chi connectivity index (χ3n) is 4.29. The number of halogens is 1. The van der Waals surface area contributed by atoms with Gasteiger partial charge >= 0.3 is 5.97 Å². The Bertz CT molecular complexity index is 774. The first-order chi connectivity index (χ1) is 16.3. The summed E-state index contributed by atoms with van der Waals surface area (Å²) in [6.07, 6.45) is 6.93. The molecule has 0 amide bonds. The molecule has 1 aliphatic rings. The molecule has 1 aromatic rings. The van der Waals surface area contributed by atoms with Crippen LogP contribution in [-0.4, -0.2) is 50.8 Å². The third-order valence-corrected chi connectivity index (χ3v) is 4.54. The van der Waals surface area contributed by atoms with Crippen LogP contribution >= 0.6 is 11.6 Å². The lowest BCUT2D eigenvalue weighted by Crippen LogP contribution is -2.17. The Morgan fingerprint density at radius 2 is 1.91 bits per heavy atom. The molecule has 0 bridgehead atoms. The van der Waals surface area contributed by atoms with Crippen LogP contribution in [-0.2, 0) is 23.8 Å². The summed E-state index contributed by atoms with van der Waals surface area (Å²) in [4.78, 5) is 30.7. The van der Waals surface area contributed by atoms with Crippen molar-refractivity contribution in [2.24, 2.45) is 10.9 Å². The summed E-state index contributed by atoms with van der Waals surface area (Å²) in [5.41, 5.74) is 2.01. The number of methoxy groups -OCH3 is 1. The molecule has 190 valence electrons. The number of carbonyl (C=O) groups excluding carboxylic acids is 1. The molecular weight excluding hydrogens is 464 g/mol. The van der Waals surface area contributed by atoms with E-state index in [0.29, 0.717) is 32.5 Å². The highest BCUT2D eigenvalue weighted by atomic mass is 35.5. The number of aryl methyl sites for hydroxylation is 1. The van der Waals surface area contributed by atoms with Gasteiger partial charge in [-0.15, -0.1) is 10.1 Å². The van der Waals surface area contributed by atoms with Gasteiger partial charge in [-0.1, -0.05) is 29.3 Å². The molecule has 0 aliphatic heterocycles. The first-order valence-electron chi connectivity index (χ1n) is 10.8. The van der Waals surface area contributed by atoms with Gasteiger partial charge in [0.2, 0.25) is 0 Å². The third kappa shape index (κ3) is 16.0. The fourth-order valence-electron chi connectivity index (χ4n) is 2.71. The van der Waals surface area contributed by atoms with Crippen molar-refractivity contribution in [1.29, 1.82) is 0 Å². The second-order valence-corrected chi connectivity index (χ2v) is 7.59. The molecule has 0 radical (unpaired) electrons. The van der Waals surface area contributed by atoms with Gasteiger partial charge in [0.1, 0.15) is 6.10 Å². The van der Waals surface area contributed by atoms with Crippen molar-refractivity contribution in [3.8, 4) is 0 Å². The van der Waals surface area contributed by atoms with E-state index in [2.05, 4.69) is 14.6 Å². The molecule has 1 aromatic carbocycles. The average Bonchev–Trinajstić information content (AvgIpc) is 3.26. The minimum absolute atomic E-state index is 0.301. The van der Waals surface area contributed by atoms with Gasteiger partial charge in [-0.25, -0.2) is 0 Å². The predicted molar refractivity (Wildman–Crippen MR) is 132 cm³/mol. The normalized spacial score (nSPS) is 17.5. The van der Waals surface area contributed by atoms with Crippen LogP contribution in [0.1, 0.15) is 38.7 Å². The minimum Gasteiger partial charge on any atom is -0.434 e. The number of hydrogen-bond acceptors (Lipinski definition) is 8. The zero-order valence-corrected chi connectivity index (χ0v) is 21.2. The number of esters is 1. The molecule has 0 heterocycles. The highest BCUT2D eigenvalue weighted by molar-refractivity contribution is 6.30. The van der Waals surface area contributed by atoms with Gasteiger partial charge in [-0.3, -0.25) is 9.79 Å². The van der Waals surface area contributed by atoms with Crippen LogP contribution in [0, 0.1) is 23.0 Å². The molecule has 1 saturated carbocycles. The lowest BCUT2D eigenvalue weighted by molar-refractivity contribution is -0.768.